The number of hydrogen-bond acceptors (Lipinski definition) is 5. The number of sulfonamides is 1. The summed E-state index contributed by atoms with van der Waals surface area (Å²) in [4.78, 5) is 6.79. The van der Waals surface area contributed by atoms with Crippen molar-refractivity contribution in [2.45, 2.75) is 4.90 Å². The summed E-state index contributed by atoms with van der Waals surface area (Å²) in [6.07, 6.45) is 3.09. The minimum atomic E-state index is -4.23. The van der Waals surface area contributed by atoms with Crippen molar-refractivity contribution in [3.63, 3.8) is 0 Å². The van der Waals surface area contributed by atoms with E-state index in [0.717, 1.165) is 12.1 Å². The van der Waals surface area contributed by atoms with Crippen molar-refractivity contribution in [1.29, 1.82) is 0 Å². The molecular formula is C23H16F3N5O3S. The topological polar surface area (TPSA) is 113 Å². The Bertz CT molecular complexity index is 1650. The van der Waals surface area contributed by atoms with Gasteiger partial charge in [-0.3, -0.25) is 9.82 Å². The van der Waals surface area contributed by atoms with Crippen LogP contribution in [-0.2, 0) is 10.0 Å². The number of ether oxygens (including phenoxy) is 1. The fourth-order valence-electron chi connectivity index (χ4n) is 3.66. The van der Waals surface area contributed by atoms with Gasteiger partial charge < -0.3 is 9.72 Å². The molecule has 0 radical (unpaired) electrons. The molecular weight excluding hydrogens is 483 g/mol. The molecule has 0 unspecified atom stereocenters. The number of H-pyrrole nitrogens is 2. The summed E-state index contributed by atoms with van der Waals surface area (Å²) < 4.78 is 78.1. The largest absolute Gasteiger partial charge is 0.497 e. The average Bonchev–Trinajstić information content (AvgIpc) is 3.52. The lowest BCUT2D eigenvalue weighted by atomic mass is 10.0. The first-order valence-electron chi connectivity index (χ1n) is 10.1. The van der Waals surface area contributed by atoms with Gasteiger partial charge in [0.2, 0.25) is 0 Å². The molecule has 8 nitrogen and oxygen atoms in total. The zero-order valence-electron chi connectivity index (χ0n) is 17.9. The first-order valence-corrected chi connectivity index (χ1v) is 11.6. The first-order chi connectivity index (χ1) is 16.8. The molecule has 2 heterocycles. The molecule has 0 bridgehead atoms. The molecule has 3 N–H and O–H groups in total. The summed E-state index contributed by atoms with van der Waals surface area (Å²) in [6, 6.07) is 9.81. The molecule has 0 atom stereocenters. The second-order valence-corrected chi connectivity index (χ2v) is 9.11. The Kier molecular flexibility index (Phi) is 5.44. The molecule has 12 heteroatoms. The monoisotopic (exact) mass is 499 g/mol. The number of methoxy groups -OCH3 is 1. The normalized spacial score (nSPS) is 11.7. The van der Waals surface area contributed by atoms with Crippen LogP contribution in [0.5, 0.6) is 5.75 Å². The second kappa shape index (κ2) is 8.47. The zero-order valence-corrected chi connectivity index (χ0v) is 18.8. The minimum Gasteiger partial charge on any atom is -0.497 e. The Morgan fingerprint density at radius 2 is 1.74 bits per heavy atom. The molecule has 5 rings (SSSR count). The molecule has 0 fully saturated rings. The van der Waals surface area contributed by atoms with Gasteiger partial charge in [-0.2, -0.15) is 5.10 Å². The summed E-state index contributed by atoms with van der Waals surface area (Å²) in [7, 11) is -2.80. The molecule has 0 aliphatic heterocycles. The quantitative estimate of drug-likeness (QED) is 0.309. The third-order valence-electron chi connectivity index (χ3n) is 5.37. The number of hydrogen-bond donors (Lipinski definition) is 3. The summed E-state index contributed by atoms with van der Waals surface area (Å²) >= 11 is 0. The molecule has 0 spiro atoms. The van der Waals surface area contributed by atoms with Gasteiger partial charge in [0.1, 0.15) is 22.8 Å². The van der Waals surface area contributed by atoms with E-state index in [4.69, 9.17) is 4.74 Å². The van der Waals surface area contributed by atoms with Gasteiger partial charge in [0, 0.05) is 23.3 Å². The Hall–Kier alpha value is -4.32. The van der Waals surface area contributed by atoms with Gasteiger partial charge in [0.05, 0.1) is 23.3 Å². The summed E-state index contributed by atoms with van der Waals surface area (Å²) in [5.74, 6) is -2.49. The SMILES string of the molecule is COc1ccc(S(=O)(=O)Nc2ccc(F)c(-c3ccc4c(-c5ncc[nH]5)[nH]nc4c3F)c2F)cc1. The number of aromatic amines is 2. The lowest BCUT2D eigenvalue weighted by Gasteiger charge is -2.13. The van der Waals surface area contributed by atoms with Crippen molar-refractivity contribution in [3.05, 3.63) is 78.4 Å². The standard InChI is InChI=1S/C23H16F3N5O3S/c1-34-12-2-4-13(5-3-12)35(32,33)31-17-9-8-16(24)18(20(17)26)14-6-7-15-21(19(14)25)29-30-22(15)23-27-10-11-28-23/h2-11,31H,1H3,(H,27,28)(H,29,30). The van der Waals surface area contributed by atoms with Crippen molar-refractivity contribution in [1.82, 2.24) is 20.2 Å². The van der Waals surface area contributed by atoms with Crippen molar-refractivity contribution in [2.75, 3.05) is 11.8 Å². The molecule has 0 saturated carbocycles. The van der Waals surface area contributed by atoms with E-state index >= 15 is 8.78 Å². The van der Waals surface area contributed by atoms with Crippen LogP contribution in [0.25, 0.3) is 33.5 Å². The number of benzene rings is 3. The van der Waals surface area contributed by atoms with Crippen LogP contribution in [0.1, 0.15) is 0 Å². The van der Waals surface area contributed by atoms with E-state index in [1.807, 2.05) is 0 Å². The highest BCUT2D eigenvalue weighted by atomic mass is 32.2. The van der Waals surface area contributed by atoms with Crippen LogP contribution in [0, 0.1) is 17.5 Å². The van der Waals surface area contributed by atoms with Gasteiger partial charge in [0.15, 0.2) is 17.5 Å². The smallest absolute Gasteiger partial charge is 0.261 e. The van der Waals surface area contributed by atoms with Gasteiger partial charge in [-0.05, 0) is 42.5 Å². The Labute approximate surface area is 196 Å². The first kappa shape index (κ1) is 22.5. The van der Waals surface area contributed by atoms with Gasteiger partial charge in [-0.15, -0.1) is 0 Å². The van der Waals surface area contributed by atoms with E-state index < -0.39 is 44.3 Å². The van der Waals surface area contributed by atoms with Crippen LogP contribution in [0.3, 0.4) is 0 Å². The summed E-state index contributed by atoms with van der Waals surface area (Å²) in [5, 5.41) is 6.94. The maximum Gasteiger partial charge on any atom is 0.261 e. The number of imidazole rings is 1. The molecule has 3 aromatic carbocycles. The highest BCUT2D eigenvalue weighted by molar-refractivity contribution is 7.92. The fourth-order valence-corrected chi connectivity index (χ4v) is 4.72. The lowest BCUT2D eigenvalue weighted by molar-refractivity contribution is 0.414. The number of anilines is 1. The van der Waals surface area contributed by atoms with Gasteiger partial charge in [-0.1, -0.05) is 6.07 Å². The number of aromatic nitrogens is 4. The average molecular weight is 499 g/mol. The molecule has 5 aromatic rings. The van der Waals surface area contributed by atoms with Crippen LogP contribution < -0.4 is 9.46 Å². The predicted molar refractivity (Wildman–Crippen MR) is 123 cm³/mol. The molecule has 2 aromatic heterocycles. The van der Waals surface area contributed by atoms with Crippen molar-refractivity contribution < 1.29 is 26.3 Å². The highest BCUT2D eigenvalue weighted by Gasteiger charge is 2.25. The van der Waals surface area contributed by atoms with Gasteiger partial charge in [-0.25, -0.2) is 26.6 Å². The highest BCUT2D eigenvalue weighted by Crippen LogP contribution is 2.37. The van der Waals surface area contributed by atoms with Crippen LogP contribution in [0.15, 0.2) is 65.8 Å². The third-order valence-corrected chi connectivity index (χ3v) is 6.76. The van der Waals surface area contributed by atoms with Crippen LogP contribution >= 0.6 is 0 Å². The summed E-state index contributed by atoms with van der Waals surface area (Å²) in [5.41, 5.74) is -1.46. The maximum atomic E-state index is 15.4. The second-order valence-electron chi connectivity index (χ2n) is 7.42. The zero-order chi connectivity index (χ0) is 24.7. The Morgan fingerprint density at radius 3 is 2.43 bits per heavy atom. The lowest BCUT2D eigenvalue weighted by Crippen LogP contribution is -2.14. The summed E-state index contributed by atoms with van der Waals surface area (Å²) in [6.45, 7) is 0. The van der Waals surface area contributed by atoms with E-state index in [0.29, 0.717) is 22.7 Å². The molecule has 0 aliphatic carbocycles. The Morgan fingerprint density at radius 1 is 0.971 bits per heavy atom. The third kappa shape index (κ3) is 3.87. The Balaban J connectivity index is 1.57. The number of nitrogens with zero attached hydrogens (tertiary/aromatic N) is 2. The van der Waals surface area contributed by atoms with Crippen LogP contribution in [0.2, 0.25) is 0 Å². The van der Waals surface area contributed by atoms with E-state index in [-0.39, 0.29) is 10.4 Å². The molecule has 178 valence electrons. The van der Waals surface area contributed by atoms with Gasteiger partial charge in [0.25, 0.3) is 10.0 Å². The van der Waals surface area contributed by atoms with E-state index in [1.165, 1.54) is 49.7 Å². The van der Waals surface area contributed by atoms with Gasteiger partial charge >= 0.3 is 0 Å². The molecule has 35 heavy (non-hydrogen) atoms. The number of rotatable bonds is 6. The van der Waals surface area contributed by atoms with Crippen molar-refractivity contribution in [2.24, 2.45) is 0 Å². The fraction of sp³-hybridized carbons (Fsp3) is 0.0435. The minimum absolute atomic E-state index is 0.156. The van der Waals surface area contributed by atoms with Crippen molar-refractivity contribution >= 4 is 26.6 Å². The number of halogens is 3. The molecule has 0 saturated heterocycles. The van der Waals surface area contributed by atoms with Crippen LogP contribution in [0.4, 0.5) is 18.9 Å². The van der Waals surface area contributed by atoms with E-state index in [1.54, 1.807) is 6.20 Å². The molecule has 0 aliphatic rings. The number of nitrogens with one attached hydrogen (secondary N) is 3. The van der Waals surface area contributed by atoms with E-state index in [2.05, 4.69) is 24.9 Å². The predicted octanol–water partition coefficient (Wildman–Crippen LogP) is 4.85. The maximum absolute atomic E-state index is 15.4. The van der Waals surface area contributed by atoms with E-state index in [9.17, 15) is 12.8 Å². The number of fused-ring (bicyclic) bond motifs is 1. The van der Waals surface area contributed by atoms with Crippen molar-refractivity contribution in [3.8, 4) is 28.4 Å². The van der Waals surface area contributed by atoms with Crippen LogP contribution in [-0.4, -0.2) is 35.7 Å². The molecule has 0 amide bonds.